The Morgan fingerprint density at radius 3 is 2.28 bits per heavy atom. The lowest BCUT2D eigenvalue weighted by Gasteiger charge is -2.07. The van der Waals surface area contributed by atoms with Gasteiger partial charge in [-0.2, -0.15) is 10.5 Å². The Bertz CT molecular complexity index is 1270. The first-order chi connectivity index (χ1) is 14.2. The average Bonchev–Trinajstić information content (AvgIpc) is 3.41. The topological polar surface area (TPSA) is 65.4 Å². The maximum absolute atomic E-state index is 9.21. The highest BCUT2D eigenvalue weighted by atomic mass is 15.1. The number of aromatic nitrogens is 2. The average molecular weight is 372 g/mol. The summed E-state index contributed by atoms with van der Waals surface area (Å²) in [5, 5.41) is 18.3. The molecule has 0 amide bonds. The Morgan fingerprint density at radius 1 is 0.931 bits per heavy atom. The van der Waals surface area contributed by atoms with Gasteiger partial charge in [-0.3, -0.25) is 0 Å². The molecule has 4 nitrogen and oxygen atoms in total. The van der Waals surface area contributed by atoms with E-state index >= 15 is 0 Å². The van der Waals surface area contributed by atoms with Crippen LogP contribution in [-0.2, 0) is 7.05 Å². The van der Waals surface area contributed by atoms with E-state index in [1.165, 1.54) is 11.1 Å². The van der Waals surface area contributed by atoms with Gasteiger partial charge < -0.3 is 4.57 Å². The minimum absolute atomic E-state index is 0.141. The first-order valence-corrected chi connectivity index (χ1v) is 9.15. The zero-order valence-corrected chi connectivity index (χ0v) is 15.8. The summed E-state index contributed by atoms with van der Waals surface area (Å²) in [6.07, 6.45) is 15.5. The third-order valence-corrected chi connectivity index (χ3v) is 4.84. The van der Waals surface area contributed by atoms with E-state index in [0.717, 1.165) is 23.1 Å². The first-order valence-electron chi connectivity index (χ1n) is 9.15. The number of rotatable bonds is 1. The van der Waals surface area contributed by atoms with Crippen molar-refractivity contribution in [3.8, 4) is 35.4 Å². The number of hydrogen-bond acceptors (Lipinski definition) is 3. The fourth-order valence-electron chi connectivity index (χ4n) is 3.25. The van der Waals surface area contributed by atoms with Crippen LogP contribution in [0.25, 0.3) is 11.4 Å². The van der Waals surface area contributed by atoms with Gasteiger partial charge in [0, 0.05) is 23.7 Å². The van der Waals surface area contributed by atoms with Crippen LogP contribution >= 0.6 is 0 Å². The summed E-state index contributed by atoms with van der Waals surface area (Å²) in [5.41, 5.74) is 5.70. The largest absolute Gasteiger partial charge is 0.318 e. The molecule has 4 heteroatoms. The Morgan fingerprint density at radius 2 is 1.69 bits per heavy atom. The molecule has 1 aromatic heterocycles. The normalized spacial score (nSPS) is 14.2. The molecule has 29 heavy (non-hydrogen) atoms. The number of nitriles is 2. The van der Waals surface area contributed by atoms with Crippen LogP contribution in [0.3, 0.4) is 0 Å². The van der Waals surface area contributed by atoms with Crippen molar-refractivity contribution in [2.45, 2.75) is 6.42 Å². The molecule has 1 aromatic carbocycles. The van der Waals surface area contributed by atoms with Crippen LogP contribution < -0.4 is 0 Å². The number of allylic oxidation sites excluding steroid dienone is 10. The fraction of sp³-hybridized carbons (Fsp3) is 0.0800. The van der Waals surface area contributed by atoms with Crippen LogP contribution in [0.15, 0.2) is 83.5 Å². The third-order valence-electron chi connectivity index (χ3n) is 4.84. The molecule has 2 aromatic rings. The van der Waals surface area contributed by atoms with E-state index in [-0.39, 0.29) is 11.4 Å². The van der Waals surface area contributed by atoms with Gasteiger partial charge >= 0.3 is 0 Å². The van der Waals surface area contributed by atoms with E-state index < -0.39 is 0 Å². The molecule has 0 unspecified atom stereocenters. The van der Waals surface area contributed by atoms with Gasteiger partial charge in [0.1, 0.15) is 18.0 Å². The Kier molecular flexibility index (Phi) is 4.81. The van der Waals surface area contributed by atoms with Gasteiger partial charge in [-0.25, -0.2) is 4.98 Å². The summed E-state index contributed by atoms with van der Waals surface area (Å²) in [6, 6.07) is 11.6. The monoisotopic (exact) mass is 372 g/mol. The Labute approximate surface area is 169 Å². The van der Waals surface area contributed by atoms with Crippen molar-refractivity contribution in [1.29, 1.82) is 10.5 Å². The highest BCUT2D eigenvalue weighted by Gasteiger charge is 2.15. The number of nitrogens with zero attached hydrogens (tertiary/aromatic N) is 4. The van der Waals surface area contributed by atoms with Crippen LogP contribution in [0.2, 0.25) is 0 Å². The van der Waals surface area contributed by atoms with Crippen LogP contribution in [0.5, 0.6) is 0 Å². The molecule has 0 bridgehead atoms. The predicted octanol–water partition coefficient (Wildman–Crippen LogP) is 4.49. The summed E-state index contributed by atoms with van der Waals surface area (Å²) < 4.78 is 1.64. The first kappa shape index (κ1) is 18.1. The maximum atomic E-state index is 9.21. The molecule has 4 rings (SSSR count). The van der Waals surface area contributed by atoms with Gasteiger partial charge in [0.25, 0.3) is 0 Å². The number of hydrogen-bond donors (Lipinski definition) is 0. The molecule has 2 aliphatic rings. The highest BCUT2D eigenvalue weighted by molar-refractivity contribution is 5.61. The molecule has 0 radical (unpaired) electrons. The molecule has 0 atom stereocenters. The van der Waals surface area contributed by atoms with E-state index in [9.17, 15) is 5.26 Å². The lowest BCUT2D eigenvalue weighted by Crippen LogP contribution is -1.95. The molecule has 0 spiro atoms. The highest BCUT2D eigenvalue weighted by Crippen LogP contribution is 2.23. The van der Waals surface area contributed by atoms with E-state index in [4.69, 9.17) is 5.26 Å². The van der Waals surface area contributed by atoms with Crippen molar-refractivity contribution in [3.63, 3.8) is 0 Å². The predicted molar refractivity (Wildman–Crippen MR) is 112 cm³/mol. The van der Waals surface area contributed by atoms with E-state index in [1.807, 2.05) is 54.6 Å². The summed E-state index contributed by atoms with van der Waals surface area (Å²) >= 11 is 0. The molecule has 0 N–H and O–H groups in total. The molecular formula is C25H16N4. The van der Waals surface area contributed by atoms with E-state index in [1.54, 1.807) is 11.6 Å². The summed E-state index contributed by atoms with van der Waals surface area (Å²) in [6.45, 7) is 0. The van der Waals surface area contributed by atoms with Gasteiger partial charge in [0.2, 0.25) is 0 Å². The maximum Gasteiger partial charge on any atom is 0.177 e. The second-order valence-corrected chi connectivity index (χ2v) is 6.64. The van der Waals surface area contributed by atoms with Crippen molar-refractivity contribution in [2.75, 3.05) is 0 Å². The quantitative estimate of drug-likeness (QED) is 0.693. The summed E-state index contributed by atoms with van der Waals surface area (Å²) in [7, 11) is 1.73. The Balaban J connectivity index is 1.52. The van der Waals surface area contributed by atoms with Gasteiger partial charge in [-0.1, -0.05) is 60.4 Å². The van der Waals surface area contributed by atoms with Crippen molar-refractivity contribution in [3.05, 3.63) is 100 Å². The fourth-order valence-corrected chi connectivity index (χ4v) is 3.25. The second kappa shape index (κ2) is 7.73. The molecule has 0 aliphatic heterocycles. The smallest absolute Gasteiger partial charge is 0.177 e. The van der Waals surface area contributed by atoms with Crippen LogP contribution in [-0.4, -0.2) is 9.55 Å². The van der Waals surface area contributed by atoms with Crippen LogP contribution in [0.4, 0.5) is 0 Å². The lowest BCUT2D eigenvalue weighted by atomic mass is 9.98. The lowest BCUT2D eigenvalue weighted by molar-refractivity contribution is 0.907. The molecule has 2 aliphatic carbocycles. The molecule has 0 saturated carbocycles. The summed E-state index contributed by atoms with van der Waals surface area (Å²) in [4.78, 5) is 4.27. The molecule has 0 fully saturated rings. The number of benzene rings is 1. The van der Waals surface area contributed by atoms with Crippen molar-refractivity contribution in [1.82, 2.24) is 9.55 Å². The SMILES string of the molecule is Cn1c(-c2ccc(C#CC3=CCC(=C4C=CC=C4)C=C3)cc2)nc(C#N)c1C#N. The van der Waals surface area contributed by atoms with E-state index in [2.05, 4.69) is 41.1 Å². The standard InChI is InChI=1S/C25H16N4/c1-29-24(17-27)23(16-26)28-25(29)22-14-10-19(11-15-22)7-6-18-8-12-21(13-9-18)20-4-2-3-5-20/h2-5,8-12,14-15H,13H2,1H3. The molecule has 1 heterocycles. The minimum atomic E-state index is 0.141. The minimum Gasteiger partial charge on any atom is -0.318 e. The summed E-state index contributed by atoms with van der Waals surface area (Å²) in [5.74, 6) is 6.98. The van der Waals surface area contributed by atoms with Crippen molar-refractivity contribution in [2.24, 2.45) is 7.05 Å². The van der Waals surface area contributed by atoms with Gasteiger partial charge in [0.05, 0.1) is 0 Å². The number of imidazole rings is 1. The third kappa shape index (κ3) is 3.59. The van der Waals surface area contributed by atoms with Crippen molar-refractivity contribution < 1.29 is 0 Å². The van der Waals surface area contributed by atoms with Crippen LogP contribution in [0.1, 0.15) is 23.4 Å². The van der Waals surface area contributed by atoms with E-state index in [0.29, 0.717) is 5.82 Å². The Hall–Kier alpha value is -4.33. The zero-order chi connectivity index (χ0) is 20.2. The van der Waals surface area contributed by atoms with Gasteiger partial charge in [0.15, 0.2) is 11.4 Å². The molecule has 0 saturated heterocycles. The van der Waals surface area contributed by atoms with Gasteiger partial charge in [-0.15, -0.1) is 0 Å². The van der Waals surface area contributed by atoms with Crippen molar-refractivity contribution >= 4 is 0 Å². The molecule has 136 valence electrons. The van der Waals surface area contributed by atoms with Crippen LogP contribution in [0, 0.1) is 34.5 Å². The van der Waals surface area contributed by atoms with Gasteiger partial charge in [-0.05, 0) is 35.8 Å². The molecular weight excluding hydrogens is 356 g/mol. The second-order valence-electron chi connectivity index (χ2n) is 6.64. The zero-order valence-electron chi connectivity index (χ0n) is 15.8.